The van der Waals surface area contributed by atoms with Gasteiger partial charge in [-0.1, -0.05) is 18.2 Å². The summed E-state index contributed by atoms with van der Waals surface area (Å²) in [6.07, 6.45) is 10.2. The number of nitrogens with two attached hydrogens (primary N) is 1. The molecule has 1 aliphatic carbocycles. The topological polar surface area (TPSA) is 70.8 Å². The van der Waals surface area contributed by atoms with Gasteiger partial charge in [0.2, 0.25) is 5.91 Å². The van der Waals surface area contributed by atoms with Crippen molar-refractivity contribution < 1.29 is 9.53 Å². The van der Waals surface area contributed by atoms with E-state index in [9.17, 15) is 4.79 Å². The molecule has 0 radical (unpaired) electrons. The molecule has 2 aromatic carbocycles. The van der Waals surface area contributed by atoms with Crippen molar-refractivity contribution in [3.63, 3.8) is 0 Å². The summed E-state index contributed by atoms with van der Waals surface area (Å²) in [5.41, 5.74) is 11.3. The Morgan fingerprint density at radius 3 is 2.64 bits per heavy atom. The number of piperazine rings is 1. The zero-order valence-corrected chi connectivity index (χ0v) is 21.5. The van der Waals surface area contributed by atoms with Crippen molar-refractivity contribution in [2.24, 2.45) is 11.7 Å². The number of carbonyl (C=O) groups excluding carboxylic acids is 1. The van der Waals surface area contributed by atoms with Crippen LogP contribution in [-0.2, 0) is 6.42 Å². The van der Waals surface area contributed by atoms with Crippen LogP contribution >= 0.6 is 0 Å². The summed E-state index contributed by atoms with van der Waals surface area (Å²) >= 11 is 0. The molecule has 1 atom stereocenters. The van der Waals surface area contributed by atoms with E-state index in [1.165, 1.54) is 41.6 Å². The molecular formula is C30H40N4O2. The second-order valence-corrected chi connectivity index (χ2v) is 10.5. The van der Waals surface area contributed by atoms with E-state index in [2.05, 4.69) is 45.5 Å². The molecule has 6 nitrogen and oxygen atoms in total. The zero-order valence-electron chi connectivity index (χ0n) is 21.5. The lowest BCUT2D eigenvalue weighted by molar-refractivity contribution is 0.1000. The molecule has 0 saturated carbocycles. The molecular weight excluding hydrogens is 448 g/mol. The summed E-state index contributed by atoms with van der Waals surface area (Å²) in [4.78, 5) is 16.8. The Morgan fingerprint density at radius 2 is 1.89 bits per heavy atom. The summed E-state index contributed by atoms with van der Waals surface area (Å²) in [6.45, 7) is 7.60. The van der Waals surface area contributed by atoms with Crippen LogP contribution in [0, 0.1) is 5.92 Å². The number of fused-ring (bicyclic) bond motifs is 1. The number of hydrogen-bond acceptors (Lipinski definition) is 5. The average molecular weight is 489 g/mol. The van der Waals surface area contributed by atoms with E-state index in [0.29, 0.717) is 11.5 Å². The first-order valence-corrected chi connectivity index (χ1v) is 13.6. The lowest BCUT2D eigenvalue weighted by Crippen LogP contribution is -2.43. The minimum Gasteiger partial charge on any atom is -0.496 e. The Hall–Kier alpha value is -2.83. The fraction of sp³-hybridized carbons (Fsp3) is 0.500. The number of nitrogens with zero attached hydrogens (tertiary/aromatic N) is 2. The standard InChI is InChI=1S/C30H40N4O2/c1-36-29-8-7-27(34-17-12-32-13-18-34)20-25(29)11-16-33-14-9-22(10-15-33)19-24-4-2-3-23-5-6-26(30(31)35)21-28(23)24/h2-3,5-8,20-22,24,32H,4,9-19H2,1H3,(H2,31,35). The molecule has 2 aliphatic heterocycles. The number of benzene rings is 2. The van der Waals surface area contributed by atoms with E-state index in [1.807, 2.05) is 18.2 Å². The Bertz CT molecular complexity index is 1080. The van der Waals surface area contributed by atoms with Crippen LogP contribution in [0.2, 0.25) is 0 Å². The normalized spacial score (nSPS) is 20.8. The Kier molecular flexibility index (Phi) is 7.93. The van der Waals surface area contributed by atoms with Gasteiger partial charge in [-0.3, -0.25) is 4.79 Å². The molecule has 1 unspecified atom stereocenters. The van der Waals surface area contributed by atoms with Crippen molar-refractivity contribution in [1.29, 1.82) is 0 Å². The minimum atomic E-state index is -0.338. The van der Waals surface area contributed by atoms with Gasteiger partial charge in [0, 0.05) is 44.0 Å². The first-order valence-electron chi connectivity index (χ1n) is 13.6. The Labute approximate surface area is 215 Å². The monoisotopic (exact) mass is 488 g/mol. The number of methoxy groups -OCH3 is 1. The maximum Gasteiger partial charge on any atom is 0.248 e. The number of rotatable bonds is 8. The Morgan fingerprint density at radius 1 is 1.08 bits per heavy atom. The fourth-order valence-electron chi connectivity index (χ4n) is 6.15. The van der Waals surface area contributed by atoms with E-state index < -0.39 is 0 Å². The maximum atomic E-state index is 11.7. The molecule has 3 N–H and O–H groups in total. The van der Waals surface area contributed by atoms with Gasteiger partial charge in [0.25, 0.3) is 0 Å². The number of primary amides is 1. The number of allylic oxidation sites excluding steroid dienone is 1. The van der Waals surface area contributed by atoms with Crippen molar-refractivity contribution in [2.45, 2.75) is 38.0 Å². The summed E-state index contributed by atoms with van der Waals surface area (Å²) in [6, 6.07) is 12.6. The van der Waals surface area contributed by atoms with Gasteiger partial charge in [-0.15, -0.1) is 0 Å². The summed E-state index contributed by atoms with van der Waals surface area (Å²) in [5.74, 6) is 1.88. The molecule has 1 amide bonds. The summed E-state index contributed by atoms with van der Waals surface area (Å²) < 4.78 is 5.70. The van der Waals surface area contributed by atoms with E-state index in [0.717, 1.165) is 70.3 Å². The van der Waals surface area contributed by atoms with Gasteiger partial charge in [0.05, 0.1) is 7.11 Å². The third-order valence-electron chi connectivity index (χ3n) is 8.30. The number of carbonyl (C=O) groups is 1. The van der Waals surface area contributed by atoms with Crippen molar-refractivity contribution in [3.8, 4) is 5.75 Å². The molecule has 6 heteroatoms. The van der Waals surface area contributed by atoms with E-state index >= 15 is 0 Å². The predicted molar refractivity (Wildman–Crippen MR) is 147 cm³/mol. The maximum absolute atomic E-state index is 11.7. The van der Waals surface area contributed by atoms with Crippen LogP contribution < -0.4 is 20.7 Å². The number of likely N-dealkylation sites (tertiary alicyclic amines) is 1. The van der Waals surface area contributed by atoms with E-state index in [4.69, 9.17) is 10.5 Å². The van der Waals surface area contributed by atoms with Gasteiger partial charge in [0.15, 0.2) is 0 Å². The number of anilines is 1. The molecule has 5 rings (SSSR count). The highest BCUT2D eigenvalue weighted by molar-refractivity contribution is 5.93. The molecule has 2 fully saturated rings. The molecule has 192 valence electrons. The fourth-order valence-corrected chi connectivity index (χ4v) is 6.15. The van der Waals surface area contributed by atoms with Gasteiger partial charge in [0.1, 0.15) is 5.75 Å². The SMILES string of the molecule is COc1ccc(N2CCNCC2)cc1CCN1CCC(CC2CC=Cc3ccc(C(N)=O)cc32)CC1. The van der Waals surface area contributed by atoms with E-state index in [-0.39, 0.29) is 5.91 Å². The quantitative estimate of drug-likeness (QED) is 0.587. The second kappa shape index (κ2) is 11.5. The van der Waals surface area contributed by atoms with Crippen molar-refractivity contribution in [2.75, 3.05) is 57.8 Å². The van der Waals surface area contributed by atoms with Gasteiger partial charge >= 0.3 is 0 Å². The average Bonchev–Trinajstić information content (AvgIpc) is 2.93. The van der Waals surface area contributed by atoms with Crippen molar-refractivity contribution >= 4 is 17.7 Å². The largest absolute Gasteiger partial charge is 0.496 e. The van der Waals surface area contributed by atoms with Gasteiger partial charge < -0.3 is 25.6 Å². The third-order valence-corrected chi connectivity index (χ3v) is 8.30. The highest BCUT2D eigenvalue weighted by Gasteiger charge is 2.26. The zero-order chi connectivity index (χ0) is 24.9. The number of hydrogen-bond donors (Lipinski definition) is 2. The molecule has 2 saturated heterocycles. The second-order valence-electron chi connectivity index (χ2n) is 10.5. The van der Waals surface area contributed by atoms with Crippen LogP contribution in [-0.4, -0.2) is 63.7 Å². The third kappa shape index (κ3) is 5.76. The van der Waals surface area contributed by atoms with Crippen LogP contribution in [0.3, 0.4) is 0 Å². The highest BCUT2D eigenvalue weighted by atomic mass is 16.5. The molecule has 0 spiro atoms. The van der Waals surface area contributed by atoms with Crippen LogP contribution in [0.15, 0.2) is 42.5 Å². The smallest absolute Gasteiger partial charge is 0.248 e. The molecule has 3 aliphatic rings. The number of nitrogens with one attached hydrogen (secondary N) is 1. The first kappa shape index (κ1) is 24.8. The summed E-state index contributed by atoms with van der Waals surface area (Å²) in [5, 5.41) is 3.44. The highest BCUT2D eigenvalue weighted by Crippen LogP contribution is 2.38. The van der Waals surface area contributed by atoms with Crippen molar-refractivity contribution in [3.05, 3.63) is 64.7 Å². The van der Waals surface area contributed by atoms with Crippen LogP contribution in [0.5, 0.6) is 5.75 Å². The lowest BCUT2D eigenvalue weighted by Gasteiger charge is -2.34. The molecule has 2 heterocycles. The number of ether oxygens (including phenoxy) is 1. The van der Waals surface area contributed by atoms with E-state index in [1.54, 1.807) is 7.11 Å². The summed E-state index contributed by atoms with van der Waals surface area (Å²) in [7, 11) is 1.78. The minimum absolute atomic E-state index is 0.338. The van der Waals surface area contributed by atoms with Crippen LogP contribution in [0.4, 0.5) is 5.69 Å². The van der Waals surface area contributed by atoms with Crippen LogP contribution in [0.1, 0.15) is 58.6 Å². The molecule has 0 bridgehead atoms. The Balaban J connectivity index is 1.15. The number of piperidine rings is 1. The van der Waals surface area contributed by atoms with Crippen molar-refractivity contribution in [1.82, 2.24) is 10.2 Å². The van der Waals surface area contributed by atoms with Crippen LogP contribution in [0.25, 0.3) is 6.08 Å². The molecule has 36 heavy (non-hydrogen) atoms. The van der Waals surface area contributed by atoms with Gasteiger partial charge in [-0.2, -0.15) is 0 Å². The molecule has 0 aromatic heterocycles. The van der Waals surface area contributed by atoms with Gasteiger partial charge in [-0.05, 0) is 104 Å². The lowest BCUT2D eigenvalue weighted by atomic mass is 9.78. The molecule has 2 aromatic rings. The number of amides is 1. The predicted octanol–water partition coefficient (Wildman–Crippen LogP) is 4.05. The van der Waals surface area contributed by atoms with Gasteiger partial charge in [-0.25, -0.2) is 0 Å². The first-order chi connectivity index (χ1) is 17.6.